The summed E-state index contributed by atoms with van der Waals surface area (Å²) in [7, 11) is 4.70. The first-order valence-corrected chi connectivity index (χ1v) is 12.0. The van der Waals surface area contributed by atoms with Gasteiger partial charge in [0.1, 0.15) is 0 Å². The molecule has 1 atom stereocenters. The third kappa shape index (κ3) is 3.15. The molecular weight excluding hydrogens is 468 g/mol. The van der Waals surface area contributed by atoms with Crippen molar-refractivity contribution < 1.29 is 9.84 Å². The minimum Gasteiger partial charge on any atom is -0.504 e. The lowest BCUT2D eigenvalue weighted by Crippen LogP contribution is -2.37. The largest absolute Gasteiger partial charge is 0.504 e. The van der Waals surface area contributed by atoms with Gasteiger partial charge in [0, 0.05) is 19.7 Å². The zero-order valence-electron chi connectivity index (χ0n) is 20.9. The fourth-order valence-corrected chi connectivity index (χ4v) is 5.45. The monoisotopic (exact) mass is 494 g/mol. The molecule has 0 saturated heterocycles. The molecule has 0 amide bonds. The van der Waals surface area contributed by atoms with Crippen LogP contribution in [-0.2, 0) is 14.1 Å². The third-order valence-electron chi connectivity index (χ3n) is 7.26. The molecule has 8 heteroatoms. The number of benzene rings is 3. The number of hydrogen-bond acceptors (Lipinski definition) is 5. The van der Waals surface area contributed by atoms with Gasteiger partial charge < -0.3 is 19.7 Å². The highest BCUT2D eigenvalue weighted by molar-refractivity contribution is 5.99. The van der Waals surface area contributed by atoms with Gasteiger partial charge >= 0.3 is 5.69 Å². The number of methoxy groups -OCH3 is 1. The molecule has 1 aliphatic heterocycles. The molecule has 37 heavy (non-hydrogen) atoms. The molecule has 0 unspecified atom stereocenters. The third-order valence-corrected chi connectivity index (χ3v) is 7.26. The Kier molecular flexibility index (Phi) is 5.01. The topological polar surface area (TPSA) is 90.4 Å². The summed E-state index contributed by atoms with van der Waals surface area (Å²) >= 11 is 0. The number of nitrogens with zero attached hydrogens (tertiary/aromatic N) is 3. The number of aromatic hydroxyl groups is 1. The van der Waals surface area contributed by atoms with E-state index >= 15 is 0 Å². The quantitative estimate of drug-likeness (QED) is 0.392. The Morgan fingerprint density at radius 1 is 0.946 bits per heavy atom. The molecule has 0 aliphatic carbocycles. The van der Waals surface area contributed by atoms with Crippen molar-refractivity contribution in [3.63, 3.8) is 0 Å². The highest BCUT2D eigenvalue weighted by Crippen LogP contribution is 2.46. The normalized spacial score (nSPS) is 14.2. The highest BCUT2D eigenvalue weighted by Gasteiger charge is 2.35. The van der Waals surface area contributed by atoms with E-state index < -0.39 is 11.7 Å². The summed E-state index contributed by atoms with van der Waals surface area (Å²) in [5.41, 5.74) is 5.68. The number of anilines is 1. The molecule has 3 heterocycles. The summed E-state index contributed by atoms with van der Waals surface area (Å²) in [5, 5.41) is 14.7. The SMILES string of the molecule is COc1ccc([C@H]2Nc3ccccc3-n3c(-c4ccccc4C)c4c(=O)n(C)c(=O)n(C)c4c32)cc1O. The number of ether oxygens (including phenoxy) is 1. The van der Waals surface area contributed by atoms with Crippen LogP contribution in [0.2, 0.25) is 0 Å². The number of phenols is 1. The average Bonchev–Trinajstić information content (AvgIpc) is 3.27. The van der Waals surface area contributed by atoms with E-state index in [0.29, 0.717) is 16.7 Å². The van der Waals surface area contributed by atoms with Gasteiger partial charge in [-0.25, -0.2) is 4.79 Å². The lowest BCUT2D eigenvalue weighted by Gasteiger charge is -2.31. The second kappa shape index (κ2) is 8.16. The van der Waals surface area contributed by atoms with Crippen LogP contribution in [0.4, 0.5) is 5.69 Å². The Morgan fingerprint density at radius 3 is 2.41 bits per heavy atom. The summed E-state index contributed by atoms with van der Waals surface area (Å²) in [5.74, 6) is 0.370. The van der Waals surface area contributed by atoms with Crippen molar-refractivity contribution in [3.05, 3.63) is 104 Å². The van der Waals surface area contributed by atoms with E-state index in [4.69, 9.17) is 4.74 Å². The van der Waals surface area contributed by atoms with Gasteiger partial charge in [-0.3, -0.25) is 13.9 Å². The number of phenolic OH excluding ortho intramolecular Hbond substituents is 1. The van der Waals surface area contributed by atoms with E-state index in [2.05, 4.69) is 9.88 Å². The lowest BCUT2D eigenvalue weighted by atomic mass is 9.99. The molecule has 2 aromatic heterocycles. The van der Waals surface area contributed by atoms with Gasteiger partial charge in [0.25, 0.3) is 5.56 Å². The molecule has 186 valence electrons. The zero-order valence-corrected chi connectivity index (χ0v) is 20.9. The Balaban J connectivity index is 1.84. The molecule has 0 bridgehead atoms. The summed E-state index contributed by atoms with van der Waals surface area (Å²) in [6.45, 7) is 2.01. The first-order valence-electron chi connectivity index (χ1n) is 12.0. The zero-order chi connectivity index (χ0) is 26.0. The van der Waals surface area contributed by atoms with Crippen molar-refractivity contribution in [1.29, 1.82) is 0 Å². The minimum absolute atomic E-state index is 0.00648. The summed E-state index contributed by atoms with van der Waals surface area (Å²) in [4.78, 5) is 26.9. The van der Waals surface area contributed by atoms with Crippen LogP contribution in [0, 0.1) is 6.92 Å². The lowest BCUT2D eigenvalue weighted by molar-refractivity contribution is 0.373. The fourth-order valence-electron chi connectivity index (χ4n) is 5.45. The number of para-hydroxylation sites is 2. The van der Waals surface area contributed by atoms with E-state index in [9.17, 15) is 14.7 Å². The van der Waals surface area contributed by atoms with Crippen molar-refractivity contribution in [3.8, 4) is 28.4 Å². The molecular formula is C29H26N4O4. The van der Waals surface area contributed by atoms with Gasteiger partial charge in [0.15, 0.2) is 11.5 Å². The maximum atomic E-state index is 13.8. The summed E-state index contributed by atoms with van der Waals surface area (Å²) in [6, 6.07) is 20.6. The standard InChI is InChI=1S/C29H26N4O4/c1-16-9-5-6-10-18(16)25-23-26(31(2)29(36)32(3)28(23)35)27-24(17-13-14-22(37-4)21(34)15-17)30-19-11-7-8-12-20(19)33(25)27/h5-15,24,30,34H,1-4H3/t24-/m1/s1. The minimum atomic E-state index is -0.468. The van der Waals surface area contributed by atoms with E-state index in [1.165, 1.54) is 18.7 Å². The van der Waals surface area contributed by atoms with Crippen LogP contribution in [0.3, 0.4) is 0 Å². The molecule has 0 spiro atoms. The smallest absolute Gasteiger partial charge is 0.331 e. The van der Waals surface area contributed by atoms with E-state index in [0.717, 1.165) is 44.0 Å². The first kappa shape index (κ1) is 22.7. The maximum absolute atomic E-state index is 13.8. The summed E-state index contributed by atoms with van der Waals surface area (Å²) in [6.07, 6.45) is 0. The molecule has 1 aliphatic rings. The molecule has 0 fully saturated rings. The van der Waals surface area contributed by atoms with Crippen LogP contribution >= 0.6 is 0 Å². The van der Waals surface area contributed by atoms with Gasteiger partial charge in [-0.05, 0) is 42.3 Å². The second-order valence-corrected chi connectivity index (χ2v) is 9.34. The van der Waals surface area contributed by atoms with Gasteiger partial charge in [0.2, 0.25) is 0 Å². The maximum Gasteiger partial charge on any atom is 0.331 e. The molecule has 3 aromatic carbocycles. The molecule has 5 aromatic rings. The molecule has 0 saturated carbocycles. The fraction of sp³-hybridized carbons (Fsp3) is 0.172. The molecule has 8 nitrogen and oxygen atoms in total. The van der Waals surface area contributed by atoms with Crippen molar-refractivity contribution in [2.75, 3.05) is 12.4 Å². The van der Waals surface area contributed by atoms with Crippen molar-refractivity contribution in [1.82, 2.24) is 13.7 Å². The highest BCUT2D eigenvalue weighted by atomic mass is 16.5. The Hall–Kier alpha value is -4.72. The van der Waals surface area contributed by atoms with E-state index in [-0.39, 0.29) is 11.3 Å². The number of rotatable bonds is 3. The molecule has 0 radical (unpaired) electrons. The van der Waals surface area contributed by atoms with Crippen LogP contribution in [0.1, 0.15) is 22.9 Å². The number of aryl methyl sites for hydroxylation is 2. The van der Waals surface area contributed by atoms with Crippen molar-refractivity contribution >= 4 is 16.6 Å². The second-order valence-electron chi connectivity index (χ2n) is 9.34. The average molecular weight is 495 g/mol. The van der Waals surface area contributed by atoms with Crippen LogP contribution in [0.25, 0.3) is 27.8 Å². The number of aromatic nitrogens is 3. The number of nitrogens with one attached hydrogen (secondary N) is 1. The van der Waals surface area contributed by atoms with Crippen molar-refractivity contribution in [2.24, 2.45) is 14.1 Å². The van der Waals surface area contributed by atoms with Gasteiger partial charge in [-0.2, -0.15) is 0 Å². The Morgan fingerprint density at radius 2 is 1.68 bits per heavy atom. The Bertz CT molecular complexity index is 1840. The summed E-state index contributed by atoms with van der Waals surface area (Å²) < 4.78 is 10.0. The number of hydrogen-bond donors (Lipinski definition) is 2. The van der Waals surface area contributed by atoms with E-state index in [1.54, 1.807) is 19.2 Å². The van der Waals surface area contributed by atoms with Crippen LogP contribution in [-0.4, -0.2) is 25.9 Å². The van der Waals surface area contributed by atoms with Gasteiger partial charge in [-0.1, -0.05) is 42.5 Å². The number of fused-ring (bicyclic) bond motifs is 5. The van der Waals surface area contributed by atoms with Gasteiger partial charge in [-0.15, -0.1) is 0 Å². The molecule has 2 N–H and O–H groups in total. The van der Waals surface area contributed by atoms with Crippen LogP contribution < -0.4 is 21.3 Å². The predicted molar refractivity (Wildman–Crippen MR) is 144 cm³/mol. The predicted octanol–water partition coefficient (Wildman–Crippen LogP) is 4.23. The van der Waals surface area contributed by atoms with Crippen LogP contribution in [0.5, 0.6) is 11.5 Å². The van der Waals surface area contributed by atoms with Crippen LogP contribution in [0.15, 0.2) is 76.3 Å². The Labute approximate surface area is 212 Å². The van der Waals surface area contributed by atoms with Crippen molar-refractivity contribution in [2.45, 2.75) is 13.0 Å². The van der Waals surface area contributed by atoms with Gasteiger partial charge in [0.05, 0.1) is 46.8 Å². The first-order chi connectivity index (χ1) is 17.8. The molecule has 6 rings (SSSR count). The van der Waals surface area contributed by atoms with E-state index in [1.807, 2.05) is 61.5 Å².